The highest BCUT2D eigenvalue weighted by Gasteiger charge is 2.37. The zero-order chi connectivity index (χ0) is 10.3. The van der Waals surface area contributed by atoms with Crippen molar-refractivity contribution in [1.29, 1.82) is 0 Å². The molecule has 2 aliphatic rings. The van der Waals surface area contributed by atoms with Crippen molar-refractivity contribution < 1.29 is 5.11 Å². The molecule has 3 rings (SSSR count). The summed E-state index contributed by atoms with van der Waals surface area (Å²) in [6, 6.07) is 5.87. The number of rotatable bonds is 0. The molecule has 15 heavy (non-hydrogen) atoms. The first-order valence-electron chi connectivity index (χ1n) is 5.79. The maximum absolute atomic E-state index is 9.47. The van der Waals surface area contributed by atoms with Crippen molar-refractivity contribution in [2.45, 2.75) is 25.7 Å². The lowest BCUT2D eigenvalue weighted by Gasteiger charge is -2.33. The van der Waals surface area contributed by atoms with Crippen LogP contribution in [0.3, 0.4) is 0 Å². The zero-order valence-corrected chi connectivity index (χ0v) is 8.92. The third-order valence-corrected chi connectivity index (χ3v) is 3.98. The van der Waals surface area contributed by atoms with Crippen molar-refractivity contribution in [3.05, 3.63) is 29.3 Å². The predicted molar refractivity (Wildman–Crippen MR) is 60.1 cm³/mol. The quantitative estimate of drug-likeness (QED) is 0.674. The Balaban J connectivity index is 1.90. The molecule has 0 bridgehead atoms. The van der Waals surface area contributed by atoms with Gasteiger partial charge in [0.2, 0.25) is 0 Å². The predicted octanol–water partition coefficient (Wildman–Crippen LogP) is 1.86. The number of phenols is 1. The molecule has 1 heterocycles. The van der Waals surface area contributed by atoms with Gasteiger partial charge >= 0.3 is 0 Å². The normalized spacial score (nSPS) is 22.9. The molecule has 0 atom stereocenters. The minimum Gasteiger partial charge on any atom is -0.508 e. The van der Waals surface area contributed by atoms with Crippen LogP contribution in [-0.4, -0.2) is 18.2 Å². The molecular formula is C13H17NO. The van der Waals surface area contributed by atoms with E-state index in [9.17, 15) is 5.11 Å². The number of aromatic hydroxyl groups is 1. The maximum atomic E-state index is 9.47. The molecule has 1 aromatic rings. The molecular weight excluding hydrogens is 186 g/mol. The van der Waals surface area contributed by atoms with E-state index in [2.05, 4.69) is 11.4 Å². The van der Waals surface area contributed by atoms with Gasteiger partial charge in [-0.15, -0.1) is 0 Å². The lowest BCUT2D eigenvalue weighted by molar-refractivity contribution is 0.216. The van der Waals surface area contributed by atoms with Crippen LogP contribution in [0.15, 0.2) is 18.2 Å². The van der Waals surface area contributed by atoms with Crippen LogP contribution in [0.5, 0.6) is 5.75 Å². The topological polar surface area (TPSA) is 32.3 Å². The molecule has 80 valence electrons. The van der Waals surface area contributed by atoms with Gasteiger partial charge in [-0.05, 0) is 67.4 Å². The molecule has 2 heteroatoms. The van der Waals surface area contributed by atoms with Gasteiger partial charge in [0, 0.05) is 0 Å². The molecule has 1 aliphatic heterocycles. The Bertz CT molecular complexity index is 380. The highest BCUT2D eigenvalue weighted by atomic mass is 16.3. The first-order chi connectivity index (χ1) is 7.27. The van der Waals surface area contributed by atoms with Crippen LogP contribution >= 0.6 is 0 Å². The number of piperidine rings is 1. The molecule has 1 fully saturated rings. The average Bonchev–Trinajstić information content (AvgIpc) is 2.56. The molecule has 2 nitrogen and oxygen atoms in total. The van der Waals surface area contributed by atoms with E-state index in [0.29, 0.717) is 11.2 Å². The van der Waals surface area contributed by atoms with Crippen molar-refractivity contribution >= 4 is 0 Å². The van der Waals surface area contributed by atoms with Gasteiger partial charge in [-0.2, -0.15) is 0 Å². The summed E-state index contributed by atoms with van der Waals surface area (Å²) in [6.45, 7) is 2.31. The third kappa shape index (κ3) is 1.53. The fourth-order valence-electron chi connectivity index (χ4n) is 3.13. The Kier molecular flexibility index (Phi) is 1.99. The molecule has 1 spiro atoms. The van der Waals surface area contributed by atoms with Crippen LogP contribution in [0.25, 0.3) is 0 Å². The Hall–Kier alpha value is -1.02. The summed E-state index contributed by atoms with van der Waals surface area (Å²) in [7, 11) is 0. The van der Waals surface area contributed by atoms with E-state index in [0.717, 1.165) is 13.1 Å². The van der Waals surface area contributed by atoms with Crippen LogP contribution in [0.1, 0.15) is 24.0 Å². The highest BCUT2D eigenvalue weighted by molar-refractivity contribution is 5.40. The van der Waals surface area contributed by atoms with E-state index in [-0.39, 0.29) is 0 Å². The molecule has 1 aromatic carbocycles. The molecule has 0 radical (unpaired) electrons. The second kappa shape index (κ2) is 3.24. The van der Waals surface area contributed by atoms with Crippen molar-refractivity contribution in [1.82, 2.24) is 5.32 Å². The SMILES string of the molecule is Oc1ccc2c(c1)CC1(CCNCC1)C2. The average molecular weight is 203 g/mol. The van der Waals surface area contributed by atoms with Crippen LogP contribution in [0.2, 0.25) is 0 Å². The number of hydrogen-bond donors (Lipinski definition) is 2. The first kappa shape index (κ1) is 9.22. The van der Waals surface area contributed by atoms with Crippen molar-refractivity contribution in [3.8, 4) is 5.75 Å². The Morgan fingerprint density at radius 3 is 2.60 bits per heavy atom. The summed E-state index contributed by atoms with van der Waals surface area (Å²) < 4.78 is 0. The van der Waals surface area contributed by atoms with Crippen molar-refractivity contribution in [2.75, 3.05) is 13.1 Å². The monoisotopic (exact) mass is 203 g/mol. The lowest BCUT2D eigenvalue weighted by Crippen LogP contribution is -2.37. The molecule has 1 saturated heterocycles. The molecule has 1 aliphatic carbocycles. The van der Waals surface area contributed by atoms with Crippen LogP contribution in [-0.2, 0) is 12.8 Å². The molecule has 0 unspecified atom stereocenters. The summed E-state index contributed by atoms with van der Waals surface area (Å²) in [5, 5.41) is 12.9. The Morgan fingerprint density at radius 1 is 1.07 bits per heavy atom. The lowest BCUT2D eigenvalue weighted by atomic mass is 9.76. The van der Waals surface area contributed by atoms with Gasteiger partial charge in [0.1, 0.15) is 5.75 Å². The molecule has 2 N–H and O–H groups in total. The minimum absolute atomic E-state index is 0.416. The standard InChI is InChI=1S/C13H17NO/c15-12-2-1-10-8-13(9-11(10)7-12)3-5-14-6-4-13/h1-2,7,14-15H,3-6,8-9H2. The van der Waals surface area contributed by atoms with Gasteiger partial charge in [0.15, 0.2) is 0 Å². The first-order valence-corrected chi connectivity index (χ1v) is 5.79. The largest absolute Gasteiger partial charge is 0.508 e. The van der Waals surface area contributed by atoms with Crippen LogP contribution in [0, 0.1) is 5.41 Å². The van der Waals surface area contributed by atoms with Gasteiger partial charge < -0.3 is 10.4 Å². The molecule has 0 aromatic heterocycles. The fraction of sp³-hybridized carbons (Fsp3) is 0.538. The van der Waals surface area contributed by atoms with Gasteiger partial charge in [0.25, 0.3) is 0 Å². The number of phenolic OH excluding ortho intramolecular Hbond substituents is 1. The van der Waals surface area contributed by atoms with Crippen LogP contribution in [0.4, 0.5) is 0 Å². The van der Waals surface area contributed by atoms with E-state index in [1.807, 2.05) is 12.1 Å². The smallest absolute Gasteiger partial charge is 0.115 e. The molecule has 0 saturated carbocycles. The molecule has 0 amide bonds. The summed E-state index contributed by atoms with van der Waals surface area (Å²) in [6.07, 6.45) is 4.94. The van der Waals surface area contributed by atoms with Gasteiger partial charge in [-0.1, -0.05) is 6.07 Å². The van der Waals surface area contributed by atoms with E-state index in [1.54, 1.807) is 0 Å². The minimum atomic E-state index is 0.416. The number of hydrogen-bond acceptors (Lipinski definition) is 2. The summed E-state index contributed by atoms with van der Waals surface area (Å²) in [5.74, 6) is 0.416. The Morgan fingerprint density at radius 2 is 1.80 bits per heavy atom. The fourth-order valence-corrected chi connectivity index (χ4v) is 3.13. The number of fused-ring (bicyclic) bond motifs is 1. The van der Waals surface area contributed by atoms with E-state index < -0.39 is 0 Å². The second-order valence-electron chi connectivity index (χ2n) is 5.06. The summed E-state index contributed by atoms with van der Waals surface area (Å²) in [5.41, 5.74) is 3.33. The van der Waals surface area contributed by atoms with Crippen molar-refractivity contribution in [2.24, 2.45) is 5.41 Å². The van der Waals surface area contributed by atoms with Gasteiger partial charge in [-0.25, -0.2) is 0 Å². The Labute approximate surface area is 90.3 Å². The number of benzene rings is 1. The van der Waals surface area contributed by atoms with E-state index in [4.69, 9.17) is 0 Å². The van der Waals surface area contributed by atoms with E-state index >= 15 is 0 Å². The van der Waals surface area contributed by atoms with Gasteiger partial charge in [0.05, 0.1) is 0 Å². The van der Waals surface area contributed by atoms with Crippen LogP contribution < -0.4 is 5.32 Å². The second-order valence-corrected chi connectivity index (χ2v) is 5.06. The van der Waals surface area contributed by atoms with E-state index in [1.165, 1.54) is 36.8 Å². The maximum Gasteiger partial charge on any atom is 0.115 e. The summed E-state index contributed by atoms with van der Waals surface area (Å²) in [4.78, 5) is 0. The third-order valence-electron chi connectivity index (χ3n) is 3.98. The van der Waals surface area contributed by atoms with Crippen molar-refractivity contribution in [3.63, 3.8) is 0 Å². The highest BCUT2D eigenvalue weighted by Crippen LogP contribution is 2.43. The zero-order valence-electron chi connectivity index (χ0n) is 8.92. The number of nitrogens with one attached hydrogen (secondary N) is 1. The van der Waals surface area contributed by atoms with Gasteiger partial charge in [-0.3, -0.25) is 0 Å². The summed E-state index contributed by atoms with van der Waals surface area (Å²) >= 11 is 0.